The van der Waals surface area contributed by atoms with E-state index >= 15 is 0 Å². The summed E-state index contributed by atoms with van der Waals surface area (Å²) in [4.78, 5) is 4.22. The lowest BCUT2D eigenvalue weighted by Gasteiger charge is -2.34. The Bertz CT molecular complexity index is 398. The van der Waals surface area contributed by atoms with Gasteiger partial charge in [-0.05, 0) is 43.5 Å². The van der Waals surface area contributed by atoms with Gasteiger partial charge in [0.25, 0.3) is 0 Å². The topological polar surface area (TPSA) is 60.7 Å². The Morgan fingerprint density at radius 3 is 2.82 bits per heavy atom. The first-order valence-electron chi connectivity index (χ1n) is 6.03. The second-order valence-electron chi connectivity index (χ2n) is 4.96. The van der Waals surface area contributed by atoms with Crippen molar-refractivity contribution >= 4 is 5.82 Å². The molecule has 2 heterocycles. The third-order valence-electron chi connectivity index (χ3n) is 3.40. The molecular formula is C13H18N4. The highest BCUT2D eigenvalue weighted by Crippen LogP contribution is 2.27. The molecule has 1 saturated heterocycles. The van der Waals surface area contributed by atoms with E-state index in [1.54, 1.807) is 12.3 Å². The summed E-state index contributed by atoms with van der Waals surface area (Å²) in [5.41, 5.74) is 0.949. The zero-order chi connectivity index (χ0) is 12.1. The van der Waals surface area contributed by atoms with Crippen LogP contribution in [0.4, 0.5) is 5.82 Å². The van der Waals surface area contributed by atoms with Gasteiger partial charge in [-0.25, -0.2) is 4.98 Å². The summed E-state index contributed by atoms with van der Waals surface area (Å²) in [5, 5.41) is 15.4. The number of aromatic nitrogens is 1. The molecule has 0 saturated carbocycles. The second kappa shape index (κ2) is 5.15. The maximum absolute atomic E-state index is 8.69. The summed E-state index contributed by atoms with van der Waals surface area (Å²) in [7, 11) is 0. The molecule has 0 aliphatic carbocycles. The lowest BCUT2D eigenvalue weighted by Crippen LogP contribution is -2.39. The molecule has 1 aromatic heterocycles. The van der Waals surface area contributed by atoms with Crippen LogP contribution in [0.5, 0.6) is 0 Å². The first kappa shape index (κ1) is 11.9. The van der Waals surface area contributed by atoms with Crippen LogP contribution in [0, 0.1) is 16.7 Å². The minimum atomic E-state index is 0.348. The van der Waals surface area contributed by atoms with E-state index in [2.05, 4.69) is 28.6 Å². The van der Waals surface area contributed by atoms with Crippen LogP contribution in [0.15, 0.2) is 18.3 Å². The summed E-state index contributed by atoms with van der Waals surface area (Å²) >= 11 is 0. The van der Waals surface area contributed by atoms with Crippen LogP contribution in [0.1, 0.15) is 25.3 Å². The molecule has 0 atom stereocenters. The molecule has 0 bridgehead atoms. The summed E-state index contributed by atoms with van der Waals surface area (Å²) in [6.45, 7) is 5.44. The van der Waals surface area contributed by atoms with Crippen molar-refractivity contribution in [2.24, 2.45) is 5.41 Å². The standard InChI is InChI=1S/C13H18N4/c1-13(4-6-15-7-5-13)10-17-12-3-2-11(8-14)9-16-12/h2-3,9,15H,4-7,10H2,1H3,(H,16,17). The molecule has 17 heavy (non-hydrogen) atoms. The molecule has 0 unspecified atom stereocenters. The first-order chi connectivity index (χ1) is 8.22. The molecule has 2 N–H and O–H groups in total. The van der Waals surface area contributed by atoms with E-state index in [1.165, 1.54) is 12.8 Å². The highest BCUT2D eigenvalue weighted by molar-refractivity contribution is 5.39. The Labute approximate surface area is 102 Å². The van der Waals surface area contributed by atoms with Crippen LogP contribution >= 0.6 is 0 Å². The highest BCUT2D eigenvalue weighted by Gasteiger charge is 2.26. The van der Waals surface area contributed by atoms with E-state index in [0.29, 0.717) is 11.0 Å². The SMILES string of the molecule is CC1(CNc2ccc(C#N)cn2)CCNCC1. The van der Waals surface area contributed by atoms with Crippen molar-refractivity contribution in [1.82, 2.24) is 10.3 Å². The Morgan fingerprint density at radius 2 is 2.24 bits per heavy atom. The number of rotatable bonds is 3. The molecule has 4 nitrogen and oxygen atoms in total. The summed E-state index contributed by atoms with van der Waals surface area (Å²) in [5.74, 6) is 0.851. The molecule has 1 fully saturated rings. The van der Waals surface area contributed by atoms with Gasteiger partial charge in [0.2, 0.25) is 0 Å². The van der Waals surface area contributed by atoms with Gasteiger partial charge < -0.3 is 10.6 Å². The Balaban J connectivity index is 1.90. The van der Waals surface area contributed by atoms with Crippen molar-refractivity contribution in [1.29, 1.82) is 5.26 Å². The van der Waals surface area contributed by atoms with Gasteiger partial charge in [-0.2, -0.15) is 5.26 Å². The largest absolute Gasteiger partial charge is 0.370 e. The van der Waals surface area contributed by atoms with Crippen LogP contribution < -0.4 is 10.6 Å². The lowest BCUT2D eigenvalue weighted by atomic mass is 9.81. The van der Waals surface area contributed by atoms with Gasteiger partial charge in [0, 0.05) is 12.7 Å². The van der Waals surface area contributed by atoms with E-state index in [1.807, 2.05) is 6.07 Å². The number of piperidine rings is 1. The predicted molar refractivity (Wildman–Crippen MR) is 67.7 cm³/mol. The highest BCUT2D eigenvalue weighted by atomic mass is 15.0. The van der Waals surface area contributed by atoms with Crippen molar-refractivity contribution < 1.29 is 0 Å². The maximum Gasteiger partial charge on any atom is 0.125 e. The van der Waals surface area contributed by atoms with Crippen molar-refractivity contribution in [3.63, 3.8) is 0 Å². The van der Waals surface area contributed by atoms with Crippen LogP contribution in [0.2, 0.25) is 0 Å². The third kappa shape index (κ3) is 3.18. The predicted octanol–water partition coefficient (Wildman–Crippen LogP) is 1.75. The van der Waals surface area contributed by atoms with Gasteiger partial charge >= 0.3 is 0 Å². The number of hydrogen-bond acceptors (Lipinski definition) is 4. The monoisotopic (exact) mass is 230 g/mol. The molecule has 1 aliphatic heterocycles. The molecular weight excluding hydrogens is 212 g/mol. The van der Waals surface area contributed by atoms with E-state index in [4.69, 9.17) is 5.26 Å². The van der Waals surface area contributed by atoms with E-state index in [0.717, 1.165) is 25.5 Å². The number of nitrogens with zero attached hydrogens (tertiary/aromatic N) is 2. The number of anilines is 1. The number of nitriles is 1. The maximum atomic E-state index is 8.69. The number of hydrogen-bond donors (Lipinski definition) is 2. The Hall–Kier alpha value is -1.60. The average molecular weight is 230 g/mol. The fraction of sp³-hybridized carbons (Fsp3) is 0.538. The van der Waals surface area contributed by atoms with Crippen molar-refractivity contribution in [3.05, 3.63) is 23.9 Å². The Kier molecular flexibility index (Phi) is 3.60. The summed E-state index contributed by atoms with van der Waals surface area (Å²) < 4.78 is 0. The van der Waals surface area contributed by atoms with Gasteiger partial charge in [0.1, 0.15) is 11.9 Å². The van der Waals surface area contributed by atoms with Crippen molar-refractivity contribution in [3.8, 4) is 6.07 Å². The number of nitrogens with one attached hydrogen (secondary N) is 2. The van der Waals surface area contributed by atoms with Crippen LogP contribution in [-0.4, -0.2) is 24.6 Å². The summed E-state index contributed by atoms with van der Waals surface area (Å²) in [6, 6.07) is 5.72. The van der Waals surface area contributed by atoms with Gasteiger partial charge in [0.15, 0.2) is 0 Å². The number of pyridine rings is 1. The molecule has 0 aromatic carbocycles. The molecule has 90 valence electrons. The van der Waals surface area contributed by atoms with E-state index in [-0.39, 0.29) is 0 Å². The molecule has 2 rings (SSSR count). The zero-order valence-electron chi connectivity index (χ0n) is 10.2. The van der Waals surface area contributed by atoms with Gasteiger partial charge in [-0.15, -0.1) is 0 Å². The van der Waals surface area contributed by atoms with Crippen LogP contribution in [0.3, 0.4) is 0 Å². The molecule has 1 aliphatic rings. The fourth-order valence-corrected chi connectivity index (χ4v) is 2.08. The minimum Gasteiger partial charge on any atom is -0.370 e. The molecule has 1 aromatic rings. The summed E-state index contributed by atoms with van der Waals surface area (Å²) in [6.07, 6.45) is 3.99. The van der Waals surface area contributed by atoms with Crippen molar-refractivity contribution in [2.75, 3.05) is 25.0 Å². The first-order valence-corrected chi connectivity index (χ1v) is 6.03. The van der Waals surface area contributed by atoms with Crippen LogP contribution in [-0.2, 0) is 0 Å². The molecule has 0 amide bonds. The minimum absolute atomic E-state index is 0.348. The lowest BCUT2D eigenvalue weighted by molar-refractivity contribution is 0.247. The zero-order valence-corrected chi connectivity index (χ0v) is 10.2. The van der Waals surface area contributed by atoms with Crippen LogP contribution in [0.25, 0.3) is 0 Å². The average Bonchev–Trinajstić information content (AvgIpc) is 2.38. The quantitative estimate of drug-likeness (QED) is 0.830. The third-order valence-corrected chi connectivity index (χ3v) is 3.40. The Morgan fingerprint density at radius 1 is 1.47 bits per heavy atom. The van der Waals surface area contributed by atoms with E-state index < -0.39 is 0 Å². The normalized spacial score (nSPS) is 18.4. The van der Waals surface area contributed by atoms with Crippen molar-refractivity contribution in [2.45, 2.75) is 19.8 Å². The molecule has 0 spiro atoms. The van der Waals surface area contributed by atoms with Gasteiger partial charge in [-0.3, -0.25) is 0 Å². The molecule has 0 radical (unpaired) electrons. The fourth-order valence-electron chi connectivity index (χ4n) is 2.08. The molecule has 4 heteroatoms. The smallest absolute Gasteiger partial charge is 0.125 e. The second-order valence-corrected chi connectivity index (χ2v) is 4.96. The van der Waals surface area contributed by atoms with Gasteiger partial charge in [0.05, 0.1) is 5.56 Å². The van der Waals surface area contributed by atoms with E-state index in [9.17, 15) is 0 Å². The van der Waals surface area contributed by atoms with Gasteiger partial charge in [-0.1, -0.05) is 6.92 Å².